The average molecular weight is 671 g/mol. The van der Waals surface area contributed by atoms with E-state index < -0.39 is 0 Å². The van der Waals surface area contributed by atoms with E-state index in [9.17, 15) is 0 Å². The molecule has 0 saturated carbocycles. The normalized spacial score (nSPS) is 10.7. The molecule has 0 unspecified atom stereocenters. The van der Waals surface area contributed by atoms with Crippen LogP contribution in [0.2, 0.25) is 0 Å². The molecule has 216 valence electrons. The van der Waals surface area contributed by atoms with E-state index in [-0.39, 0.29) is 24.8 Å². The van der Waals surface area contributed by atoms with Gasteiger partial charge in [0, 0.05) is 0 Å². The van der Waals surface area contributed by atoms with Crippen LogP contribution in [0.3, 0.4) is 0 Å². The van der Waals surface area contributed by atoms with E-state index in [1.165, 1.54) is 83.1 Å². The molecule has 0 nitrogen and oxygen atoms in total. The molecule has 0 fully saturated rings. The van der Waals surface area contributed by atoms with Crippen molar-refractivity contribution < 1.29 is 49.0 Å². The van der Waals surface area contributed by atoms with Crippen LogP contribution in [0.15, 0.2) is 109 Å². The molecule has 3 heteroatoms. The second-order valence-corrected chi connectivity index (χ2v) is 12.5. The van der Waals surface area contributed by atoms with E-state index in [0.29, 0.717) is 11.8 Å². The van der Waals surface area contributed by atoms with Gasteiger partial charge in [-0.2, -0.15) is 47.5 Å². The molecule has 5 aromatic rings. The summed E-state index contributed by atoms with van der Waals surface area (Å²) in [4.78, 5) is 0. The Labute approximate surface area is 281 Å². The fourth-order valence-electron chi connectivity index (χ4n) is 4.74. The van der Waals surface area contributed by atoms with E-state index in [1.807, 2.05) is 30.3 Å². The quantitative estimate of drug-likeness (QED) is 0.248. The van der Waals surface area contributed by atoms with E-state index in [1.54, 1.807) is 0 Å². The maximum Gasteiger partial charge on any atom is -0.172 e. The molecule has 5 aromatic carbocycles. The summed E-state index contributed by atoms with van der Waals surface area (Å²) in [6.07, 6.45) is 1.04. The maximum absolute atomic E-state index is 3.49. The molecule has 0 aromatic heterocycles. The van der Waals surface area contributed by atoms with Gasteiger partial charge in [0.1, 0.15) is 0 Å². The summed E-state index contributed by atoms with van der Waals surface area (Å²) < 4.78 is 1.42. The topological polar surface area (TPSA) is 0 Å². The van der Waals surface area contributed by atoms with Crippen molar-refractivity contribution >= 4 is 3.21 Å². The van der Waals surface area contributed by atoms with Gasteiger partial charge >= 0.3 is 112 Å². The first kappa shape index (κ1) is 35.8. The van der Waals surface area contributed by atoms with Crippen LogP contribution in [0.5, 0.6) is 0 Å². The predicted molar refractivity (Wildman–Crippen MR) is 169 cm³/mol. The van der Waals surface area contributed by atoms with Gasteiger partial charge in [0.2, 0.25) is 0 Å². The van der Waals surface area contributed by atoms with Crippen LogP contribution >= 0.6 is 0 Å². The number of rotatable bonds is 4. The van der Waals surface area contributed by atoms with Crippen molar-refractivity contribution in [3.05, 3.63) is 160 Å². The van der Waals surface area contributed by atoms with Crippen molar-refractivity contribution in [2.24, 2.45) is 0 Å². The fraction of sp³-hybridized carbons (Fsp3) is 0.231. The van der Waals surface area contributed by atoms with Crippen LogP contribution in [0, 0.1) is 19.9 Å². The third kappa shape index (κ3) is 9.54. The van der Waals surface area contributed by atoms with Gasteiger partial charge in [-0.25, -0.2) is 12.1 Å². The third-order valence-electron chi connectivity index (χ3n) is 7.41. The molecule has 0 aliphatic heterocycles. The molecule has 0 amide bonds. The minimum atomic E-state index is 0. The monoisotopic (exact) mass is 668 g/mol. The number of aryl methyl sites for hydroxylation is 2. The molecule has 1 aliphatic rings. The Hall–Kier alpha value is -2.44. The minimum absolute atomic E-state index is 0. The summed E-state index contributed by atoms with van der Waals surface area (Å²) in [5.74, 6) is 1.16. The first-order valence-electron chi connectivity index (χ1n) is 14.3. The Morgan fingerprint density at radius 1 is 0.690 bits per heavy atom. The van der Waals surface area contributed by atoms with Crippen LogP contribution in [-0.4, -0.2) is 3.21 Å². The zero-order valence-electron chi connectivity index (χ0n) is 25.5. The van der Waals surface area contributed by atoms with Gasteiger partial charge in [0.05, 0.1) is 0 Å². The molecule has 0 bridgehead atoms. The Morgan fingerprint density at radius 3 is 1.64 bits per heavy atom. The molecule has 1 aliphatic carbocycles. The summed E-state index contributed by atoms with van der Waals surface area (Å²) in [5.41, 5.74) is 13.8. The van der Waals surface area contributed by atoms with E-state index in [2.05, 4.69) is 126 Å². The van der Waals surface area contributed by atoms with Crippen LogP contribution in [0.4, 0.5) is 0 Å². The first-order chi connectivity index (χ1) is 19.2. The molecule has 0 saturated heterocycles. The van der Waals surface area contributed by atoms with Crippen molar-refractivity contribution in [1.29, 1.82) is 0 Å². The molecular weight excluding hydrogens is 631 g/mol. The van der Waals surface area contributed by atoms with Gasteiger partial charge in [-0.05, 0) is 17.9 Å². The van der Waals surface area contributed by atoms with Crippen LogP contribution in [0.1, 0.15) is 84.0 Å². The Balaban J connectivity index is 0.000000244. The van der Waals surface area contributed by atoms with Gasteiger partial charge in [-0.1, -0.05) is 62.9 Å². The average Bonchev–Trinajstić information content (AvgIpc) is 3.65. The van der Waals surface area contributed by atoms with E-state index in [4.69, 9.17) is 0 Å². The van der Waals surface area contributed by atoms with Gasteiger partial charge in [0.15, 0.2) is 0 Å². The van der Waals surface area contributed by atoms with E-state index in [0.717, 1.165) is 6.42 Å². The Kier molecular flexibility index (Phi) is 14.5. The Bertz CT molecular complexity index is 1410. The standard InChI is InChI=1S/C19H21.C15H14.C5H5.2ClH.Zr/c1-12(2)14-5-7-16-9-17-8-6-15(13(3)4)11-19(17)18(16)10-14;1-12-3-7-14(8-4-12)11-15-9-5-13(2)6-10-15;1-2-4-5-3-1;;;/h5-7,10-13H,9H2,1-4H3;3-10H,1-2H3;1-5H;2*1H;/q-1;;-1;;;+2/p-2. The number of hydrogen-bond donors (Lipinski definition) is 0. The summed E-state index contributed by atoms with van der Waals surface area (Å²) in [5, 5.41) is 0. The summed E-state index contributed by atoms with van der Waals surface area (Å²) in [7, 11) is 0. The predicted octanol–water partition coefficient (Wildman–Crippen LogP) is 4.14. The first-order valence-corrected chi connectivity index (χ1v) is 15.5. The van der Waals surface area contributed by atoms with Crippen molar-refractivity contribution in [3.63, 3.8) is 0 Å². The number of fused-ring (bicyclic) bond motifs is 3. The smallest absolute Gasteiger partial charge is 0.172 e. The van der Waals surface area contributed by atoms with Crippen molar-refractivity contribution in [2.45, 2.75) is 59.8 Å². The van der Waals surface area contributed by atoms with E-state index >= 15 is 0 Å². The second-order valence-electron chi connectivity index (χ2n) is 11.3. The molecule has 0 N–H and O–H groups in total. The fourth-order valence-corrected chi connectivity index (χ4v) is 5.56. The number of hydrogen-bond acceptors (Lipinski definition) is 0. The van der Waals surface area contributed by atoms with Crippen LogP contribution in [0.25, 0.3) is 11.1 Å². The zero-order valence-corrected chi connectivity index (χ0v) is 29.5. The van der Waals surface area contributed by atoms with Gasteiger partial charge in [0.25, 0.3) is 0 Å². The number of halogens is 2. The molecule has 6 rings (SSSR count). The van der Waals surface area contributed by atoms with Gasteiger partial charge in [-0.15, -0.1) is 5.56 Å². The third-order valence-corrected chi connectivity index (χ3v) is 8.83. The summed E-state index contributed by atoms with van der Waals surface area (Å²) in [6.45, 7) is 13.3. The van der Waals surface area contributed by atoms with Crippen molar-refractivity contribution in [1.82, 2.24) is 0 Å². The molecule has 0 heterocycles. The minimum Gasteiger partial charge on any atom is -1.00 e. The molecule has 0 spiro atoms. The molecule has 0 radical (unpaired) electrons. The Morgan fingerprint density at radius 2 is 1.19 bits per heavy atom. The van der Waals surface area contributed by atoms with Crippen LogP contribution < -0.4 is 24.8 Å². The van der Waals surface area contributed by atoms with Crippen molar-refractivity contribution in [3.8, 4) is 11.1 Å². The molecule has 42 heavy (non-hydrogen) atoms. The molecular formula is C39H40Cl2Zr-2. The second kappa shape index (κ2) is 17.0. The SMILES string of the molecule is CC(C)c1c[c-]c2c(c1)-c1cc(C(C)C)ccc1C2.Cc1ccc([C](=[Zr+2])c2ccc(C)cc2)cc1.[Cl-].[Cl-].c1cc[cH-]c1. The van der Waals surface area contributed by atoms with Crippen LogP contribution in [-0.2, 0) is 30.7 Å². The molecule has 0 atom stereocenters. The summed E-state index contributed by atoms with van der Waals surface area (Å²) >= 11 is 1.46. The van der Waals surface area contributed by atoms with Gasteiger partial charge < -0.3 is 24.8 Å². The zero-order chi connectivity index (χ0) is 28.6. The maximum atomic E-state index is 3.49. The van der Waals surface area contributed by atoms with Crippen molar-refractivity contribution in [2.75, 3.05) is 0 Å². The number of benzene rings is 4. The van der Waals surface area contributed by atoms with Gasteiger partial charge in [-0.3, -0.25) is 0 Å². The summed E-state index contributed by atoms with van der Waals surface area (Å²) in [6, 6.07) is 42.5. The largest absolute Gasteiger partial charge is 1.00 e.